The van der Waals surface area contributed by atoms with Gasteiger partial charge in [-0.1, -0.05) is 86.7 Å². The van der Waals surface area contributed by atoms with Crippen molar-refractivity contribution in [3.05, 3.63) is 90.6 Å². The number of aromatic hydroxyl groups is 1. The molecule has 1 aromatic rings. The predicted molar refractivity (Wildman–Crippen MR) is 162 cm³/mol. The average molecular weight is 537 g/mol. The van der Waals surface area contributed by atoms with Gasteiger partial charge in [-0.05, 0) is 69.9 Å². The highest BCUT2D eigenvalue weighted by molar-refractivity contribution is 5.96. The van der Waals surface area contributed by atoms with Crippen LogP contribution in [0.25, 0.3) is 0 Å². The van der Waals surface area contributed by atoms with Crippen molar-refractivity contribution in [2.45, 2.75) is 77.7 Å². The smallest absolute Gasteiger partial charge is 0.255 e. The zero-order chi connectivity index (χ0) is 28.4. The number of carbonyl (C=O) groups excluding carboxylic acids is 2. The number of rotatable bonds is 21. The van der Waals surface area contributed by atoms with Crippen molar-refractivity contribution >= 4 is 11.8 Å². The lowest BCUT2D eigenvalue weighted by Crippen LogP contribution is -2.40. The quantitative estimate of drug-likeness (QED) is 0.117. The highest BCUT2D eigenvalue weighted by atomic mass is 16.5. The monoisotopic (exact) mass is 536 g/mol. The Hall–Kier alpha value is -3.38. The summed E-state index contributed by atoms with van der Waals surface area (Å²) in [5, 5.41) is 15.2. The van der Waals surface area contributed by atoms with Crippen molar-refractivity contribution in [2.75, 3.05) is 19.7 Å². The SMILES string of the molecule is CCC=CCC=CCC=CCC=CCC=CCCCCOC(CC)C(=O)NCCNC(=O)c1ccccc1O. The molecule has 0 saturated carbocycles. The molecule has 0 aliphatic heterocycles. The fourth-order valence-electron chi connectivity index (χ4n) is 3.57. The van der Waals surface area contributed by atoms with E-state index in [-0.39, 0.29) is 29.7 Å². The second-order valence-corrected chi connectivity index (χ2v) is 9.04. The van der Waals surface area contributed by atoms with Crippen molar-refractivity contribution < 1.29 is 19.4 Å². The Morgan fingerprint density at radius 3 is 1.95 bits per heavy atom. The van der Waals surface area contributed by atoms with Crippen LogP contribution in [0, 0.1) is 0 Å². The van der Waals surface area contributed by atoms with Gasteiger partial charge in [-0.25, -0.2) is 0 Å². The molecule has 0 radical (unpaired) electrons. The van der Waals surface area contributed by atoms with Gasteiger partial charge in [-0.15, -0.1) is 0 Å². The molecule has 0 aliphatic rings. The van der Waals surface area contributed by atoms with Crippen molar-refractivity contribution in [2.24, 2.45) is 0 Å². The average Bonchev–Trinajstić information content (AvgIpc) is 2.94. The number of hydrogen-bond donors (Lipinski definition) is 3. The number of nitrogens with one attached hydrogen (secondary N) is 2. The van der Waals surface area contributed by atoms with Gasteiger partial charge < -0.3 is 20.5 Å². The Kier molecular flexibility index (Phi) is 20.5. The maximum atomic E-state index is 12.4. The summed E-state index contributed by atoms with van der Waals surface area (Å²) in [6, 6.07) is 6.35. The first kappa shape index (κ1) is 33.6. The number of ether oxygens (including phenoxy) is 1. The first-order chi connectivity index (χ1) is 19.1. The van der Waals surface area contributed by atoms with Crippen LogP contribution in [-0.2, 0) is 9.53 Å². The van der Waals surface area contributed by atoms with E-state index in [0.29, 0.717) is 19.6 Å². The minimum Gasteiger partial charge on any atom is -0.507 e. The van der Waals surface area contributed by atoms with E-state index in [1.165, 1.54) is 6.07 Å². The van der Waals surface area contributed by atoms with Crippen LogP contribution < -0.4 is 10.6 Å². The van der Waals surface area contributed by atoms with Gasteiger partial charge in [0, 0.05) is 19.7 Å². The Balaban J connectivity index is 2.05. The summed E-state index contributed by atoms with van der Waals surface area (Å²) in [6.45, 7) is 5.17. The second-order valence-electron chi connectivity index (χ2n) is 9.04. The number of hydrogen-bond acceptors (Lipinski definition) is 4. The topological polar surface area (TPSA) is 87.7 Å². The number of amides is 2. The predicted octanol–water partition coefficient (Wildman–Crippen LogP) is 6.96. The lowest BCUT2D eigenvalue weighted by atomic mass is 10.2. The molecule has 1 aromatic carbocycles. The Bertz CT molecular complexity index is 947. The number of carbonyl (C=O) groups is 2. The van der Waals surface area contributed by atoms with Gasteiger partial charge in [0.15, 0.2) is 0 Å². The minimum absolute atomic E-state index is 0.0696. The standard InChI is InChI=1S/C33H48N2O4/c1-3-5-6-7-8-9-10-11-12-13-14-15-16-17-18-19-20-23-28-39-31(4-2)33(38)35-27-26-34-32(37)29-24-21-22-25-30(29)36/h5-6,8-9,11-12,14-15,17-18,21-22,24-25,31,36H,3-4,7,10,13,16,19-20,23,26-28H2,1-2H3,(H,34,37)(H,35,38). The van der Waals surface area contributed by atoms with Gasteiger partial charge in [-0.2, -0.15) is 0 Å². The van der Waals surface area contributed by atoms with Gasteiger partial charge in [0.2, 0.25) is 5.91 Å². The minimum atomic E-state index is -0.493. The third-order valence-electron chi connectivity index (χ3n) is 5.76. The van der Waals surface area contributed by atoms with E-state index >= 15 is 0 Å². The molecular formula is C33H48N2O4. The van der Waals surface area contributed by atoms with Crippen LogP contribution in [0.4, 0.5) is 0 Å². The molecule has 0 aliphatic carbocycles. The molecule has 1 unspecified atom stereocenters. The molecule has 6 heteroatoms. The van der Waals surface area contributed by atoms with Crippen molar-refractivity contribution in [1.82, 2.24) is 10.6 Å². The summed E-state index contributed by atoms with van der Waals surface area (Å²) in [6.07, 6.45) is 30.0. The molecule has 6 nitrogen and oxygen atoms in total. The molecule has 0 saturated heterocycles. The van der Waals surface area contributed by atoms with Crippen LogP contribution in [0.3, 0.4) is 0 Å². The van der Waals surface area contributed by atoms with Gasteiger partial charge in [-0.3, -0.25) is 9.59 Å². The highest BCUT2D eigenvalue weighted by Gasteiger charge is 2.16. The molecule has 39 heavy (non-hydrogen) atoms. The molecule has 0 aromatic heterocycles. The van der Waals surface area contributed by atoms with E-state index in [4.69, 9.17) is 4.74 Å². The van der Waals surface area contributed by atoms with E-state index in [2.05, 4.69) is 78.3 Å². The number of para-hydroxylation sites is 1. The zero-order valence-electron chi connectivity index (χ0n) is 23.8. The van der Waals surface area contributed by atoms with Crippen LogP contribution >= 0.6 is 0 Å². The van der Waals surface area contributed by atoms with Crippen LogP contribution in [0.5, 0.6) is 5.75 Å². The summed E-state index contributed by atoms with van der Waals surface area (Å²) in [7, 11) is 0. The van der Waals surface area contributed by atoms with E-state index in [1.54, 1.807) is 18.2 Å². The molecule has 0 spiro atoms. The number of phenols is 1. The Morgan fingerprint density at radius 2 is 1.36 bits per heavy atom. The molecule has 0 heterocycles. The zero-order valence-corrected chi connectivity index (χ0v) is 23.8. The van der Waals surface area contributed by atoms with E-state index < -0.39 is 6.10 Å². The van der Waals surface area contributed by atoms with Crippen LogP contribution in [-0.4, -0.2) is 42.7 Å². The molecule has 2 amide bonds. The van der Waals surface area contributed by atoms with Gasteiger partial charge in [0.25, 0.3) is 5.91 Å². The number of allylic oxidation sites excluding steroid dienone is 10. The maximum absolute atomic E-state index is 12.4. The van der Waals surface area contributed by atoms with E-state index in [1.807, 2.05) is 6.92 Å². The van der Waals surface area contributed by atoms with Crippen LogP contribution in [0.1, 0.15) is 82.0 Å². The van der Waals surface area contributed by atoms with Crippen molar-refractivity contribution in [3.8, 4) is 5.75 Å². The first-order valence-electron chi connectivity index (χ1n) is 14.3. The second kappa shape index (κ2) is 23.7. The Morgan fingerprint density at radius 1 is 0.795 bits per heavy atom. The molecule has 214 valence electrons. The van der Waals surface area contributed by atoms with Gasteiger partial charge in [0.1, 0.15) is 11.9 Å². The molecule has 3 N–H and O–H groups in total. The third-order valence-corrected chi connectivity index (χ3v) is 5.76. The number of benzene rings is 1. The van der Waals surface area contributed by atoms with Gasteiger partial charge >= 0.3 is 0 Å². The van der Waals surface area contributed by atoms with E-state index in [0.717, 1.165) is 51.4 Å². The molecule has 0 fully saturated rings. The fourth-order valence-corrected chi connectivity index (χ4v) is 3.57. The third kappa shape index (κ3) is 17.7. The van der Waals surface area contributed by atoms with Crippen molar-refractivity contribution in [3.63, 3.8) is 0 Å². The summed E-state index contributed by atoms with van der Waals surface area (Å²) in [5.74, 6) is -0.620. The van der Waals surface area contributed by atoms with E-state index in [9.17, 15) is 14.7 Å². The maximum Gasteiger partial charge on any atom is 0.255 e. The van der Waals surface area contributed by atoms with Gasteiger partial charge in [0.05, 0.1) is 5.56 Å². The summed E-state index contributed by atoms with van der Waals surface area (Å²) in [4.78, 5) is 24.4. The summed E-state index contributed by atoms with van der Waals surface area (Å²) >= 11 is 0. The number of phenolic OH excluding ortho intramolecular Hbond substituents is 1. The normalized spacial score (nSPS) is 12.9. The first-order valence-corrected chi connectivity index (χ1v) is 14.3. The summed E-state index contributed by atoms with van der Waals surface area (Å²) < 4.78 is 5.76. The molecule has 1 atom stereocenters. The lowest BCUT2D eigenvalue weighted by molar-refractivity contribution is -0.133. The fraction of sp³-hybridized carbons (Fsp3) is 0.455. The van der Waals surface area contributed by atoms with Crippen molar-refractivity contribution in [1.29, 1.82) is 0 Å². The molecular weight excluding hydrogens is 488 g/mol. The van der Waals surface area contributed by atoms with Crippen LogP contribution in [0.15, 0.2) is 85.0 Å². The number of unbranched alkanes of at least 4 members (excludes halogenated alkanes) is 2. The molecule has 1 rings (SSSR count). The van der Waals surface area contributed by atoms with Crippen LogP contribution in [0.2, 0.25) is 0 Å². The summed E-state index contributed by atoms with van der Waals surface area (Å²) in [5.41, 5.74) is 0.211. The Labute approximate surface area is 235 Å². The largest absolute Gasteiger partial charge is 0.507 e. The highest BCUT2D eigenvalue weighted by Crippen LogP contribution is 2.14. The lowest BCUT2D eigenvalue weighted by Gasteiger charge is -2.16. The molecule has 0 bridgehead atoms.